The lowest BCUT2D eigenvalue weighted by Gasteiger charge is -2.13. The SMILES string of the molecule is CNC(C)(C)C=O. The molecule has 0 aromatic carbocycles. The molecule has 0 heterocycles. The second-order valence-corrected chi connectivity index (χ2v) is 2.09. The molecule has 42 valence electrons. The van der Waals surface area contributed by atoms with Crippen molar-refractivity contribution in [2.45, 2.75) is 19.4 Å². The van der Waals surface area contributed by atoms with E-state index < -0.39 is 0 Å². The second kappa shape index (κ2) is 2.07. The Bertz CT molecular complexity index is 68.5. The molecule has 0 atom stereocenters. The van der Waals surface area contributed by atoms with Crippen LogP contribution in [0.3, 0.4) is 0 Å². The third-order valence-electron chi connectivity index (χ3n) is 0.939. The first-order valence-corrected chi connectivity index (χ1v) is 2.27. The number of aldehydes is 1. The Hall–Kier alpha value is -0.370. The summed E-state index contributed by atoms with van der Waals surface area (Å²) in [6.07, 6.45) is 0.882. The molecule has 0 fully saturated rings. The van der Waals surface area contributed by atoms with E-state index in [9.17, 15) is 4.79 Å². The maximum atomic E-state index is 10.00. The zero-order chi connectivity index (χ0) is 5.91. The fourth-order valence-electron chi connectivity index (χ4n) is 0.0589. The molecule has 0 aromatic rings. The highest BCUT2D eigenvalue weighted by atomic mass is 16.1. The standard InChI is InChI=1S/C5H11NO/c1-5(2,4-7)6-3/h4,6H,1-3H3. The van der Waals surface area contributed by atoms with Gasteiger partial charge in [0.1, 0.15) is 6.29 Å². The van der Waals surface area contributed by atoms with Gasteiger partial charge in [-0.2, -0.15) is 0 Å². The molecule has 1 N–H and O–H groups in total. The van der Waals surface area contributed by atoms with E-state index in [0.29, 0.717) is 0 Å². The smallest absolute Gasteiger partial charge is 0.139 e. The van der Waals surface area contributed by atoms with Gasteiger partial charge in [0.2, 0.25) is 0 Å². The molecule has 0 bridgehead atoms. The van der Waals surface area contributed by atoms with Crippen LogP contribution in [-0.2, 0) is 4.79 Å². The van der Waals surface area contributed by atoms with Gasteiger partial charge in [-0.25, -0.2) is 0 Å². The number of hydrogen-bond donors (Lipinski definition) is 1. The predicted octanol–water partition coefficient (Wildman–Crippen LogP) is 0.183. The van der Waals surface area contributed by atoms with Crippen LogP contribution in [0.1, 0.15) is 13.8 Å². The number of nitrogens with one attached hydrogen (secondary N) is 1. The molecule has 0 aliphatic rings. The average molecular weight is 101 g/mol. The van der Waals surface area contributed by atoms with Crippen molar-refractivity contribution < 1.29 is 4.79 Å². The lowest BCUT2D eigenvalue weighted by Crippen LogP contribution is -2.37. The Morgan fingerprint density at radius 1 is 1.57 bits per heavy atom. The number of hydrogen-bond acceptors (Lipinski definition) is 2. The molecule has 0 radical (unpaired) electrons. The number of likely N-dealkylation sites (N-methyl/N-ethyl adjacent to an activating group) is 1. The van der Waals surface area contributed by atoms with Crippen molar-refractivity contribution in [2.24, 2.45) is 0 Å². The zero-order valence-electron chi connectivity index (χ0n) is 4.99. The van der Waals surface area contributed by atoms with Crippen LogP contribution in [0.2, 0.25) is 0 Å². The normalized spacial score (nSPS) is 11.3. The molecule has 7 heavy (non-hydrogen) atoms. The van der Waals surface area contributed by atoms with Crippen molar-refractivity contribution in [3.05, 3.63) is 0 Å². The van der Waals surface area contributed by atoms with Gasteiger partial charge in [0, 0.05) is 0 Å². The third kappa shape index (κ3) is 2.34. The molecular weight excluding hydrogens is 90.1 g/mol. The van der Waals surface area contributed by atoms with Gasteiger partial charge >= 0.3 is 0 Å². The summed E-state index contributed by atoms with van der Waals surface area (Å²) in [6.45, 7) is 3.64. The summed E-state index contributed by atoms with van der Waals surface area (Å²) in [7, 11) is 1.76. The monoisotopic (exact) mass is 101 g/mol. The fourth-order valence-corrected chi connectivity index (χ4v) is 0.0589. The van der Waals surface area contributed by atoms with E-state index in [1.165, 1.54) is 0 Å². The molecule has 0 saturated heterocycles. The fraction of sp³-hybridized carbons (Fsp3) is 0.800. The number of carbonyl (C=O) groups excluding carboxylic acids is 1. The quantitative estimate of drug-likeness (QED) is 0.503. The predicted molar refractivity (Wildman–Crippen MR) is 29.2 cm³/mol. The third-order valence-corrected chi connectivity index (χ3v) is 0.939. The van der Waals surface area contributed by atoms with Gasteiger partial charge in [-0.15, -0.1) is 0 Å². The highest BCUT2D eigenvalue weighted by Crippen LogP contribution is 1.91. The van der Waals surface area contributed by atoms with E-state index in [4.69, 9.17) is 0 Å². The minimum atomic E-state index is -0.347. The molecule has 0 saturated carbocycles. The summed E-state index contributed by atoms with van der Waals surface area (Å²) in [5, 5.41) is 2.82. The zero-order valence-corrected chi connectivity index (χ0v) is 4.99. The van der Waals surface area contributed by atoms with Crippen LogP contribution in [0.15, 0.2) is 0 Å². The molecule has 2 heteroatoms. The van der Waals surface area contributed by atoms with Gasteiger partial charge in [0.05, 0.1) is 5.54 Å². The van der Waals surface area contributed by atoms with E-state index in [-0.39, 0.29) is 5.54 Å². The van der Waals surface area contributed by atoms with Gasteiger partial charge in [0.25, 0.3) is 0 Å². The van der Waals surface area contributed by atoms with Crippen LogP contribution in [0.25, 0.3) is 0 Å². The molecule has 0 rings (SSSR count). The van der Waals surface area contributed by atoms with Crippen LogP contribution in [0.4, 0.5) is 0 Å². The summed E-state index contributed by atoms with van der Waals surface area (Å²) in [4.78, 5) is 10.00. The first kappa shape index (κ1) is 6.63. The molecule has 0 aromatic heterocycles. The molecule has 0 aliphatic heterocycles. The van der Waals surface area contributed by atoms with Crippen LogP contribution >= 0.6 is 0 Å². The van der Waals surface area contributed by atoms with Crippen molar-refractivity contribution in [1.29, 1.82) is 0 Å². The van der Waals surface area contributed by atoms with Crippen LogP contribution in [-0.4, -0.2) is 18.9 Å². The van der Waals surface area contributed by atoms with Gasteiger partial charge in [-0.05, 0) is 20.9 Å². The number of rotatable bonds is 2. The Kier molecular flexibility index (Phi) is 1.96. The van der Waals surface area contributed by atoms with E-state index in [2.05, 4.69) is 5.32 Å². The largest absolute Gasteiger partial charge is 0.309 e. The Labute approximate surface area is 43.9 Å². The van der Waals surface area contributed by atoms with Crippen molar-refractivity contribution >= 4 is 6.29 Å². The van der Waals surface area contributed by atoms with Crippen LogP contribution < -0.4 is 5.32 Å². The van der Waals surface area contributed by atoms with E-state index in [1.54, 1.807) is 7.05 Å². The minimum Gasteiger partial charge on any atom is -0.309 e. The minimum absolute atomic E-state index is 0.347. The van der Waals surface area contributed by atoms with E-state index >= 15 is 0 Å². The Balaban J connectivity index is 3.58. The maximum absolute atomic E-state index is 10.00. The van der Waals surface area contributed by atoms with Crippen LogP contribution in [0.5, 0.6) is 0 Å². The van der Waals surface area contributed by atoms with E-state index in [0.717, 1.165) is 6.29 Å². The molecule has 0 amide bonds. The highest BCUT2D eigenvalue weighted by Gasteiger charge is 2.10. The highest BCUT2D eigenvalue weighted by molar-refractivity contribution is 5.62. The van der Waals surface area contributed by atoms with Crippen molar-refractivity contribution in [2.75, 3.05) is 7.05 Å². The van der Waals surface area contributed by atoms with Gasteiger partial charge in [-0.3, -0.25) is 0 Å². The molecule has 0 spiro atoms. The second-order valence-electron chi connectivity index (χ2n) is 2.09. The lowest BCUT2D eigenvalue weighted by atomic mass is 10.1. The summed E-state index contributed by atoms with van der Waals surface area (Å²) in [5.41, 5.74) is -0.347. The summed E-state index contributed by atoms with van der Waals surface area (Å²) >= 11 is 0. The average Bonchev–Trinajstić information content (AvgIpc) is 1.68. The van der Waals surface area contributed by atoms with Gasteiger partial charge in [0.15, 0.2) is 0 Å². The summed E-state index contributed by atoms with van der Waals surface area (Å²) in [5.74, 6) is 0. The van der Waals surface area contributed by atoms with Crippen molar-refractivity contribution in [3.63, 3.8) is 0 Å². The first-order valence-electron chi connectivity index (χ1n) is 2.27. The molecule has 0 aliphatic carbocycles. The van der Waals surface area contributed by atoms with Crippen LogP contribution in [0, 0.1) is 0 Å². The molecule has 2 nitrogen and oxygen atoms in total. The van der Waals surface area contributed by atoms with E-state index in [1.807, 2.05) is 13.8 Å². The number of carbonyl (C=O) groups is 1. The summed E-state index contributed by atoms with van der Waals surface area (Å²) < 4.78 is 0. The van der Waals surface area contributed by atoms with Crippen molar-refractivity contribution in [3.8, 4) is 0 Å². The van der Waals surface area contributed by atoms with Gasteiger partial charge in [-0.1, -0.05) is 0 Å². The summed E-state index contributed by atoms with van der Waals surface area (Å²) in [6, 6.07) is 0. The molecular formula is C5H11NO. The maximum Gasteiger partial charge on any atom is 0.139 e. The Morgan fingerprint density at radius 3 is 2.00 bits per heavy atom. The molecule has 0 unspecified atom stereocenters. The first-order chi connectivity index (χ1) is 3.12. The van der Waals surface area contributed by atoms with Gasteiger partial charge < -0.3 is 10.1 Å². The lowest BCUT2D eigenvalue weighted by molar-refractivity contribution is -0.112. The Morgan fingerprint density at radius 2 is 2.00 bits per heavy atom. The van der Waals surface area contributed by atoms with Crippen molar-refractivity contribution in [1.82, 2.24) is 5.32 Å². The topological polar surface area (TPSA) is 29.1 Å².